The molecule has 1 fully saturated rings. The van der Waals surface area contributed by atoms with Gasteiger partial charge >= 0.3 is 6.03 Å². The molecule has 0 aliphatic carbocycles. The summed E-state index contributed by atoms with van der Waals surface area (Å²) in [4.78, 5) is 18.0. The Bertz CT molecular complexity index is 502. The Morgan fingerprint density at radius 1 is 1.64 bits per heavy atom. The van der Waals surface area contributed by atoms with Crippen LogP contribution in [0.3, 0.4) is 0 Å². The number of hydrogen-bond acceptors (Lipinski definition) is 4. The highest BCUT2D eigenvalue weighted by atomic mass is 32.2. The number of carbonyl (C=O) groups excluding carboxylic acids is 1. The minimum absolute atomic E-state index is 0.0215. The highest BCUT2D eigenvalue weighted by molar-refractivity contribution is 7.98. The highest BCUT2D eigenvalue weighted by Gasteiger charge is 2.26. The normalized spacial score (nSPS) is 19.0. The molecule has 122 valence electrons. The molecule has 1 aromatic rings. The van der Waals surface area contributed by atoms with E-state index in [-0.39, 0.29) is 23.9 Å². The van der Waals surface area contributed by atoms with Crippen LogP contribution in [-0.4, -0.2) is 48.2 Å². The van der Waals surface area contributed by atoms with Crippen LogP contribution < -0.4 is 15.5 Å². The van der Waals surface area contributed by atoms with Gasteiger partial charge in [-0.15, -0.1) is 0 Å². The van der Waals surface area contributed by atoms with Crippen LogP contribution in [0, 0.1) is 5.82 Å². The van der Waals surface area contributed by atoms with Crippen molar-refractivity contribution in [2.45, 2.75) is 31.8 Å². The molecule has 0 saturated carbocycles. The first-order valence-corrected chi connectivity index (χ1v) is 8.94. The standard InChI is InChI=1S/C15H23FN4OS/c1-3-11(10-22-2)18-15(21)19-12-6-8-20(9-12)14-13(16)5-4-7-17-14/h4-5,7,11-12H,3,6,8-10H2,1-2H3,(H2,18,19,21)/t11-,12+/m1/s1. The number of aromatic nitrogens is 1. The number of nitrogens with zero attached hydrogens (tertiary/aromatic N) is 2. The smallest absolute Gasteiger partial charge is 0.315 e. The summed E-state index contributed by atoms with van der Waals surface area (Å²) in [5.74, 6) is 0.944. The van der Waals surface area contributed by atoms with E-state index in [0.29, 0.717) is 18.9 Å². The molecule has 2 rings (SSSR count). The summed E-state index contributed by atoms with van der Waals surface area (Å²) in [6.45, 7) is 3.34. The minimum atomic E-state index is -0.321. The molecule has 2 atom stereocenters. The van der Waals surface area contributed by atoms with Gasteiger partial charge in [0.25, 0.3) is 0 Å². The monoisotopic (exact) mass is 326 g/mol. The number of pyridine rings is 1. The van der Waals surface area contributed by atoms with Gasteiger partial charge in [-0.3, -0.25) is 0 Å². The fraction of sp³-hybridized carbons (Fsp3) is 0.600. The first kappa shape index (κ1) is 16.9. The molecule has 2 heterocycles. The molecule has 0 radical (unpaired) electrons. The van der Waals surface area contributed by atoms with Gasteiger partial charge in [-0.1, -0.05) is 6.92 Å². The fourth-order valence-electron chi connectivity index (χ4n) is 2.56. The Morgan fingerprint density at radius 3 is 3.14 bits per heavy atom. The first-order chi connectivity index (χ1) is 10.6. The van der Waals surface area contributed by atoms with E-state index >= 15 is 0 Å². The molecule has 1 saturated heterocycles. The van der Waals surface area contributed by atoms with E-state index in [9.17, 15) is 9.18 Å². The van der Waals surface area contributed by atoms with Crippen LogP contribution in [0.1, 0.15) is 19.8 Å². The largest absolute Gasteiger partial charge is 0.352 e. The van der Waals surface area contributed by atoms with Crippen molar-refractivity contribution in [3.63, 3.8) is 0 Å². The molecule has 2 N–H and O–H groups in total. The molecule has 5 nitrogen and oxygen atoms in total. The number of carbonyl (C=O) groups is 1. The highest BCUT2D eigenvalue weighted by Crippen LogP contribution is 2.20. The molecular weight excluding hydrogens is 303 g/mol. The molecule has 2 amide bonds. The summed E-state index contributed by atoms with van der Waals surface area (Å²) in [6.07, 6.45) is 5.31. The van der Waals surface area contributed by atoms with Gasteiger partial charge in [0.2, 0.25) is 0 Å². The van der Waals surface area contributed by atoms with Gasteiger partial charge < -0.3 is 15.5 Å². The average Bonchev–Trinajstić information content (AvgIpc) is 2.95. The third-order valence-corrected chi connectivity index (χ3v) is 4.49. The predicted octanol–water partition coefficient (Wildman–Crippen LogP) is 2.24. The SMILES string of the molecule is CC[C@H](CSC)NC(=O)N[C@H]1CCN(c2ncccc2F)C1. The van der Waals surface area contributed by atoms with Gasteiger partial charge in [0, 0.05) is 37.1 Å². The van der Waals surface area contributed by atoms with E-state index in [4.69, 9.17) is 0 Å². The topological polar surface area (TPSA) is 57.3 Å². The Balaban J connectivity index is 1.83. The Hall–Kier alpha value is -1.50. The first-order valence-electron chi connectivity index (χ1n) is 7.55. The lowest BCUT2D eigenvalue weighted by Crippen LogP contribution is -2.47. The van der Waals surface area contributed by atoms with Crippen molar-refractivity contribution in [3.05, 3.63) is 24.1 Å². The van der Waals surface area contributed by atoms with Crippen molar-refractivity contribution in [3.8, 4) is 0 Å². The van der Waals surface area contributed by atoms with Crippen LogP contribution in [0.15, 0.2) is 18.3 Å². The van der Waals surface area contributed by atoms with E-state index < -0.39 is 0 Å². The van der Waals surface area contributed by atoms with Crippen molar-refractivity contribution in [1.82, 2.24) is 15.6 Å². The molecule has 1 aliphatic rings. The molecule has 1 aromatic heterocycles. The number of nitrogens with one attached hydrogen (secondary N) is 2. The van der Waals surface area contributed by atoms with Crippen LogP contribution in [0.5, 0.6) is 0 Å². The third kappa shape index (κ3) is 4.50. The second kappa shape index (κ2) is 8.22. The van der Waals surface area contributed by atoms with Crippen molar-refractivity contribution in [1.29, 1.82) is 0 Å². The van der Waals surface area contributed by atoms with Gasteiger partial charge in [-0.05, 0) is 31.2 Å². The average molecular weight is 326 g/mol. The molecule has 0 spiro atoms. The van der Waals surface area contributed by atoms with Crippen molar-refractivity contribution in [2.75, 3.05) is 30.0 Å². The molecule has 1 aliphatic heterocycles. The minimum Gasteiger partial charge on any atom is -0.352 e. The van der Waals surface area contributed by atoms with Crippen molar-refractivity contribution in [2.24, 2.45) is 0 Å². The van der Waals surface area contributed by atoms with Crippen LogP contribution in [0.2, 0.25) is 0 Å². The molecule has 0 unspecified atom stereocenters. The Labute approximate surface area is 135 Å². The lowest BCUT2D eigenvalue weighted by atomic mass is 10.2. The maximum absolute atomic E-state index is 13.7. The van der Waals surface area contributed by atoms with E-state index in [1.165, 1.54) is 6.07 Å². The summed E-state index contributed by atoms with van der Waals surface area (Å²) >= 11 is 1.72. The van der Waals surface area contributed by atoms with Crippen molar-refractivity contribution >= 4 is 23.6 Å². The number of urea groups is 1. The summed E-state index contributed by atoms with van der Waals surface area (Å²) in [7, 11) is 0. The lowest BCUT2D eigenvalue weighted by molar-refractivity contribution is 0.234. The van der Waals surface area contributed by atoms with Gasteiger partial charge in [0.1, 0.15) is 0 Å². The molecule has 0 aromatic carbocycles. The number of hydrogen-bond donors (Lipinski definition) is 2. The summed E-state index contributed by atoms with van der Waals surface area (Å²) in [5, 5.41) is 5.95. The zero-order chi connectivity index (χ0) is 15.9. The van der Waals surface area contributed by atoms with Crippen molar-refractivity contribution < 1.29 is 9.18 Å². The number of anilines is 1. The number of rotatable bonds is 6. The zero-order valence-electron chi connectivity index (χ0n) is 13.0. The number of amides is 2. The molecular formula is C15H23FN4OS. The molecule has 0 bridgehead atoms. The second-order valence-corrected chi connectivity index (χ2v) is 6.33. The molecule has 22 heavy (non-hydrogen) atoms. The van der Waals surface area contributed by atoms with Gasteiger partial charge in [-0.2, -0.15) is 11.8 Å². The quantitative estimate of drug-likeness (QED) is 0.842. The lowest BCUT2D eigenvalue weighted by Gasteiger charge is -2.20. The van der Waals surface area contributed by atoms with Crippen LogP contribution >= 0.6 is 11.8 Å². The van der Waals surface area contributed by atoms with E-state index in [0.717, 1.165) is 18.6 Å². The Morgan fingerprint density at radius 2 is 2.45 bits per heavy atom. The van der Waals surface area contributed by atoms with E-state index in [1.54, 1.807) is 24.0 Å². The summed E-state index contributed by atoms with van der Waals surface area (Å²) in [6, 6.07) is 3.04. The number of thioether (sulfide) groups is 1. The van der Waals surface area contributed by atoms with Crippen LogP contribution in [0.25, 0.3) is 0 Å². The van der Waals surface area contributed by atoms with Gasteiger partial charge in [0.15, 0.2) is 11.6 Å². The summed E-state index contributed by atoms with van der Waals surface area (Å²) < 4.78 is 13.7. The zero-order valence-corrected chi connectivity index (χ0v) is 13.8. The fourth-order valence-corrected chi connectivity index (χ4v) is 3.28. The van der Waals surface area contributed by atoms with Gasteiger partial charge in [-0.25, -0.2) is 14.2 Å². The Kier molecular flexibility index (Phi) is 6.30. The maximum atomic E-state index is 13.7. The summed E-state index contributed by atoms with van der Waals surface area (Å²) in [5.41, 5.74) is 0. The molecule has 7 heteroatoms. The van der Waals surface area contributed by atoms with Crippen LogP contribution in [-0.2, 0) is 0 Å². The number of halogens is 1. The van der Waals surface area contributed by atoms with Gasteiger partial charge in [0.05, 0.1) is 0 Å². The maximum Gasteiger partial charge on any atom is 0.315 e. The van der Waals surface area contributed by atoms with E-state index in [1.807, 2.05) is 11.2 Å². The van der Waals surface area contributed by atoms with E-state index in [2.05, 4.69) is 22.5 Å². The predicted molar refractivity (Wildman–Crippen MR) is 88.9 cm³/mol. The van der Waals surface area contributed by atoms with Crippen LogP contribution in [0.4, 0.5) is 15.0 Å². The third-order valence-electron chi connectivity index (χ3n) is 3.76. The second-order valence-electron chi connectivity index (χ2n) is 5.42.